The summed E-state index contributed by atoms with van der Waals surface area (Å²) in [4.78, 5) is 0. The molecule has 0 heterocycles. The van der Waals surface area contributed by atoms with Gasteiger partial charge in [-0.15, -0.1) is 0 Å². The number of aliphatic hydroxyl groups is 1. The maximum atomic E-state index is 9.01. The van der Waals surface area contributed by atoms with Crippen LogP contribution in [0.4, 0.5) is 0 Å². The van der Waals surface area contributed by atoms with Gasteiger partial charge in [0.05, 0.1) is 6.61 Å². The van der Waals surface area contributed by atoms with Crippen molar-refractivity contribution in [2.75, 3.05) is 6.61 Å². The molecule has 0 amide bonds. The monoisotopic (exact) mass is 222 g/mol. The summed E-state index contributed by atoms with van der Waals surface area (Å²) >= 11 is 0. The van der Waals surface area contributed by atoms with E-state index in [9.17, 15) is 0 Å². The van der Waals surface area contributed by atoms with Crippen LogP contribution in [0.3, 0.4) is 0 Å². The third-order valence-electron chi connectivity index (χ3n) is 5.53. The smallest absolute Gasteiger partial charge is 0.0639 e. The van der Waals surface area contributed by atoms with Gasteiger partial charge in [-0.1, -0.05) is 32.4 Å². The van der Waals surface area contributed by atoms with E-state index in [0.29, 0.717) is 5.41 Å². The lowest BCUT2D eigenvalue weighted by Crippen LogP contribution is -2.54. The molecule has 0 unspecified atom stereocenters. The summed E-state index contributed by atoms with van der Waals surface area (Å²) in [6.07, 6.45) is 6.29. The van der Waals surface area contributed by atoms with E-state index in [1.54, 1.807) is 0 Å². The van der Waals surface area contributed by atoms with Gasteiger partial charge in [-0.25, -0.2) is 0 Å². The van der Waals surface area contributed by atoms with Gasteiger partial charge < -0.3 is 5.11 Å². The Morgan fingerprint density at radius 1 is 1.38 bits per heavy atom. The van der Waals surface area contributed by atoms with Crippen LogP contribution in [0.2, 0.25) is 0 Å². The van der Waals surface area contributed by atoms with Gasteiger partial charge in [0, 0.05) is 0 Å². The molecule has 0 saturated heterocycles. The predicted molar refractivity (Wildman–Crippen MR) is 68.1 cm³/mol. The molecule has 0 aromatic rings. The van der Waals surface area contributed by atoms with E-state index >= 15 is 0 Å². The van der Waals surface area contributed by atoms with Gasteiger partial charge in [0.2, 0.25) is 0 Å². The Kier molecular flexibility index (Phi) is 3.18. The van der Waals surface area contributed by atoms with Crippen LogP contribution in [0.15, 0.2) is 11.6 Å². The molecule has 0 aromatic carbocycles. The molecule has 92 valence electrons. The van der Waals surface area contributed by atoms with Crippen molar-refractivity contribution in [3.63, 3.8) is 0 Å². The molecule has 0 aromatic heterocycles. The van der Waals surface area contributed by atoms with Crippen LogP contribution in [0.5, 0.6) is 0 Å². The standard InChI is InChI=1S/C15H26O/c1-10(9-16)5-6-12-7-13-8-14(11(12)2)15(13,3)4/h5,11-14,16H,6-9H2,1-4H3/t11-,12+,13+,14+/m1/s1. The van der Waals surface area contributed by atoms with Crippen molar-refractivity contribution in [2.24, 2.45) is 29.1 Å². The molecule has 3 saturated carbocycles. The molecule has 0 aliphatic heterocycles. The van der Waals surface area contributed by atoms with Gasteiger partial charge in [0.15, 0.2) is 0 Å². The Morgan fingerprint density at radius 3 is 2.56 bits per heavy atom. The number of fused-ring (bicyclic) bond motifs is 2. The second-order valence-corrected chi connectivity index (χ2v) is 6.66. The molecule has 3 rings (SSSR count). The lowest BCUT2D eigenvalue weighted by atomic mass is 9.43. The third kappa shape index (κ3) is 1.84. The zero-order valence-electron chi connectivity index (χ0n) is 11.2. The molecule has 4 atom stereocenters. The molecular formula is C15H26O. The fourth-order valence-corrected chi connectivity index (χ4v) is 3.99. The van der Waals surface area contributed by atoms with Gasteiger partial charge in [0.1, 0.15) is 0 Å². The molecule has 0 radical (unpaired) electrons. The highest BCUT2D eigenvalue weighted by molar-refractivity contribution is 5.07. The summed E-state index contributed by atoms with van der Waals surface area (Å²) < 4.78 is 0. The van der Waals surface area contributed by atoms with Crippen molar-refractivity contribution in [3.8, 4) is 0 Å². The SMILES string of the molecule is CC(=CC[C@H]1C[C@H]2C[C@@H]([C@@H]1C)C2(C)C)CO. The van der Waals surface area contributed by atoms with Gasteiger partial charge in [-0.2, -0.15) is 0 Å². The molecule has 3 fully saturated rings. The largest absolute Gasteiger partial charge is 0.392 e. The number of rotatable bonds is 3. The Labute approximate surface area is 99.9 Å². The molecule has 0 spiro atoms. The Bertz CT molecular complexity index is 290. The lowest BCUT2D eigenvalue weighted by Gasteiger charge is -2.62. The summed E-state index contributed by atoms with van der Waals surface area (Å²) in [6, 6.07) is 0. The fraction of sp³-hybridized carbons (Fsp3) is 0.867. The van der Waals surface area contributed by atoms with E-state index in [-0.39, 0.29) is 6.61 Å². The topological polar surface area (TPSA) is 20.2 Å². The number of allylic oxidation sites excluding steroid dienone is 1. The second-order valence-electron chi connectivity index (χ2n) is 6.66. The highest BCUT2D eigenvalue weighted by atomic mass is 16.3. The fourth-order valence-electron chi connectivity index (χ4n) is 3.99. The Balaban J connectivity index is 1.96. The van der Waals surface area contributed by atoms with Crippen molar-refractivity contribution in [2.45, 2.75) is 47.0 Å². The summed E-state index contributed by atoms with van der Waals surface area (Å²) in [5, 5.41) is 9.01. The summed E-state index contributed by atoms with van der Waals surface area (Å²) in [5.41, 5.74) is 1.73. The summed E-state index contributed by atoms with van der Waals surface area (Å²) in [6.45, 7) is 9.59. The molecule has 3 aliphatic carbocycles. The van der Waals surface area contributed by atoms with Crippen LogP contribution in [0.1, 0.15) is 47.0 Å². The first-order chi connectivity index (χ1) is 7.46. The first-order valence-electron chi connectivity index (χ1n) is 6.73. The average Bonchev–Trinajstić information content (AvgIpc) is 2.26. The highest BCUT2D eigenvalue weighted by Gasteiger charge is 2.55. The zero-order chi connectivity index (χ0) is 11.9. The highest BCUT2D eigenvalue weighted by Crippen LogP contribution is 2.63. The van der Waals surface area contributed by atoms with Crippen LogP contribution in [0.25, 0.3) is 0 Å². The quantitative estimate of drug-likeness (QED) is 0.723. The molecule has 1 N–H and O–H groups in total. The van der Waals surface area contributed by atoms with E-state index in [0.717, 1.165) is 29.2 Å². The third-order valence-corrected chi connectivity index (χ3v) is 5.53. The van der Waals surface area contributed by atoms with Crippen LogP contribution >= 0.6 is 0 Å². The van der Waals surface area contributed by atoms with Crippen molar-refractivity contribution in [3.05, 3.63) is 11.6 Å². The number of aliphatic hydroxyl groups excluding tert-OH is 1. The van der Waals surface area contributed by atoms with Crippen LogP contribution in [0, 0.1) is 29.1 Å². The lowest BCUT2D eigenvalue weighted by molar-refractivity contribution is -0.127. The van der Waals surface area contributed by atoms with Gasteiger partial charge in [-0.05, 0) is 55.3 Å². The first-order valence-corrected chi connectivity index (χ1v) is 6.73. The van der Waals surface area contributed by atoms with Crippen molar-refractivity contribution >= 4 is 0 Å². The molecule has 1 nitrogen and oxygen atoms in total. The molecular weight excluding hydrogens is 196 g/mol. The van der Waals surface area contributed by atoms with Gasteiger partial charge in [-0.3, -0.25) is 0 Å². The maximum absolute atomic E-state index is 9.01. The minimum Gasteiger partial charge on any atom is -0.392 e. The van der Waals surface area contributed by atoms with Crippen LogP contribution in [-0.4, -0.2) is 11.7 Å². The number of hydrogen-bond donors (Lipinski definition) is 1. The average molecular weight is 222 g/mol. The predicted octanol–water partition coefficient (Wildman–Crippen LogP) is 3.63. The molecule has 16 heavy (non-hydrogen) atoms. The van der Waals surface area contributed by atoms with E-state index in [2.05, 4.69) is 26.8 Å². The van der Waals surface area contributed by atoms with E-state index < -0.39 is 0 Å². The molecule has 2 bridgehead atoms. The van der Waals surface area contributed by atoms with Crippen LogP contribution < -0.4 is 0 Å². The second kappa shape index (κ2) is 4.18. The van der Waals surface area contributed by atoms with Crippen molar-refractivity contribution in [1.82, 2.24) is 0 Å². The van der Waals surface area contributed by atoms with E-state index in [4.69, 9.17) is 5.11 Å². The Hall–Kier alpha value is -0.300. The molecule has 1 heteroatoms. The van der Waals surface area contributed by atoms with Gasteiger partial charge >= 0.3 is 0 Å². The maximum Gasteiger partial charge on any atom is 0.0639 e. The summed E-state index contributed by atoms with van der Waals surface area (Å²) in [7, 11) is 0. The van der Waals surface area contributed by atoms with Crippen LogP contribution in [-0.2, 0) is 0 Å². The van der Waals surface area contributed by atoms with Crippen molar-refractivity contribution < 1.29 is 5.11 Å². The minimum atomic E-state index is 0.222. The molecule has 3 aliphatic rings. The minimum absolute atomic E-state index is 0.222. The van der Waals surface area contributed by atoms with Gasteiger partial charge in [0.25, 0.3) is 0 Å². The zero-order valence-corrected chi connectivity index (χ0v) is 11.2. The van der Waals surface area contributed by atoms with E-state index in [1.165, 1.54) is 19.3 Å². The number of hydrogen-bond acceptors (Lipinski definition) is 1. The van der Waals surface area contributed by atoms with Crippen molar-refractivity contribution in [1.29, 1.82) is 0 Å². The first kappa shape index (κ1) is 12.2. The Morgan fingerprint density at radius 2 is 2.06 bits per heavy atom. The van der Waals surface area contributed by atoms with E-state index in [1.807, 2.05) is 6.92 Å². The normalized spacial score (nSPS) is 41.7. The summed E-state index contributed by atoms with van der Waals surface area (Å²) in [5.74, 6) is 3.63.